The molecule has 0 aromatic heterocycles. The molecule has 0 aliphatic rings. The molecule has 0 atom stereocenters. The number of allylic oxidation sites excluding steroid dienone is 2. The molecule has 30 heavy (non-hydrogen) atoms. The fourth-order valence-electron chi connectivity index (χ4n) is 4.62. The third kappa shape index (κ3) is 2.62. The molecule has 6 aromatic rings. The maximum atomic E-state index is 3.81. The third-order valence-electron chi connectivity index (χ3n) is 6.10. The largest absolute Gasteiger partial charge is 0.0991 e. The van der Waals surface area contributed by atoms with Crippen molar-refractivity contribution in [3.05, 3.63) is 115 Å². The van der Waals surface area contributed by atoms with Gasteiger partial charge in [0.1, 0.15) is 0 Å². The van der Waals surface area contributed by atoms with Crippen molar-refractivity contribution in [1.29, 1.82) is 0 Å². The zero-order valence-electron chi connectivity index (χ0n) is 16.6. The summed E-state index contributed by atoms with van der Waals surface area (Å²) in [5, 5.41) is 12.8. The van der Waals surface area contributed by atoms with Crippen molar-refractivity contribution in [3.8, 4) is 0 Å². The van der Waals surface area contributed by atoms with Gasteiger partial charge in [0.05, 0.1) is 0 Å². The van der Waals surface area contributed by atoms with Gasteiger partial charge in [-0.25, -0.2) is 0 Å². The number of hydrogen-bond acceptors (Lipinski definition) is 0. The molecule has 0 spiro atoms. The second-order valence-corrected chi connectivity index (χ2v) is 7.92. The van der Waals surface area contributed by atoms with Crippen molar-refractivity contribution in [3.63, 3.8) is 0 Å². The van der Waals surface area contributed by atoms with E-state index < -0.39 is 0 Å². The van der Waals surface area contributed by atoms with E-state index in [0.29, 0.717) is 0 Å². The van der Waals surface area contributed by atoms with Crippen molar-refractivity contribution < 1.29 is 0 Å². The quantitative estimate of drug-likeness (QED) is 0.160. The van der Waals surface area contributed by atoms with Crippen LogP contribution in [0.3, 0.4) is 0 Å². The van der Waals surface area contributed by atoms with Gasteiger partial charge in [0, 0.05) is 0 Å². The molecule has 0 heteroatoms. The lowest BCUT2D eigenvalue weighted by Gasteiger charge is -2.10. The standard InChI is InChI=1S/C30H20/c1-2-3-7-20-10-6-11-23-16-24-12-13-25-17-26-14-21-8-4-5-9-22(21)15-27(26)18-29(25)30(24)19-28(20)23/h2-19H,1H2. The van der Waals surface area contributed by atoms with Crippen LogP contribution in [0.4, 0.5) is 0 Å². The molecule has 6 rings (SSSR count). The molecule has 6 aromatic carbocycles. The van der Waals surface area contributed by atoms with Gasteiger partial charge in [0.25, 0.3) is 0 Å². The monoisotopic (exact) mass is 380 g/mol. The fraction of sp³-hybridized carbons (Fsp3) is 0. The first kappa shape index (κ1) is 17.0. The highest BCUT2D eigenvalue weighted by Gasteiger charge is 2.07. The van der Waals surface area contributed by atoms with Gasteiger partial charge in [-0.3, -0.25) is 0 Å². The van der Waals surface area contributed by atoms with Crippen LogP contribution in [0, 0.1) is 0 Å². The number of hydrogen-bond donors (Lipinski definition) is 0. The van der Waals surface area contributed by atoms with Crippen molar-refractivity contribution in [2.24, 2.45) is 0 Å². The maximum Gasteiger partial charge on any atom is -0.00986 e. The van der Waals surface area contributed by atoms with E-state index >= 15 is 0 Å². The van der Waals surface area contributed by atoms with Crippen LogP contribution < -0.4 is 0 Å². The van der Waals surface area contributed by atoms with Gasteiger partial charge in [-0.15, -0.1) is 0 Å². The summed E-state index contributed by atoms with van der Waals surface area (Å²) in [6, 6.07) is 33.5. The highest BCUT2D eigenvalue weighted by atomic mass is 14.1. The molecule has 0 unspecified atom stereocenters. The normalized spacial score (nSPS) is 12.0. The molecular weight excluding hydrogens is 360 g/mol. The minimum absolute atomic E-state index is 1.22. The first-order valence-electron chi connectivity index (χ1n) is 10.3. The van der Waals surface area contributed by atoms with E-state index in [9.17, 15) is 0 Å². The number of benzene rings is 6. The van der Waals surface area contributed by atoms with Crippen molar-refractivity contribution >= 4 is 59.9 Å². The second kappa shape index (κ2) is 6.57. The van der Waals surface area contributed by atoms with Crippen LogP contribution >= 0.6 is 0 Å². The van der Waals surface area contributed by atoms with Crippen LogP contribution in [0.25, 0.3) is 59.9 Å². The molecule has 0 aliphatic carbocycles. The second-order valence-electron chi connectivity index (χ2n) is 7.92. The molecule has 0 N–H and O–H groups in total. The van der Waals surface area contributed by atoms with E-state index in [1.54, 1.807) is 0 Å². The van der Waals surface area contributed by atoms with E-state index in [0.717, 1.165) is 0 Å². The highest BCUT2D eigenvalue weighted by Crippen LogP contribution is 2.34. The van der Waals surface area contributed by atoms with Crippen molar-refractivity contribution in [2.45, 2.75) is 0 Å². The summed E-state index contributed by atoms with van der Waals surface area (Å²) in [7, 11) is 0. The molecule has 0 heterocycles. The molecule has 0 saturated heterocycles. The number of rotatable bonds is 2. The fourth-order valence-corrected chi connectivity index (χ4v) is 4.62. The van der Waals surface area contributed by atoms with Gasteiger partial charge in [-0.2, -0.15) is 0 Å². The minimum atomic E-state index is 1.22. The lowest BCUT2D eigenvalue weighted by molar-refractivity contribution is 1.74. The first-order valence-corrected chi connectivity index (χ1v) is 10.3. The summed E-state index contributed by atoms with van der Waals surface area (Å²) >= 11 is 0. The molecule has 0 nitrogen and oxygen atoms in total. The van der Waals surface area contributed by atoms with Crippen LogP contribution in [-0.4, -0.2) is 0 Å². The Morgan fingerprint density at radius 2 is 1.03 bits per heavy atom. The van der Waals surface area contributed by atoms with E-state index in [-0.39, 0.29) is 0 Å². The Labute approximate surface area is 175 Å². The van der Waals surface area contributed by atoms with Crippen molar-refractivity contribution in [1.82, 2.24) is 0 Å². The lowest BCUT2D eigenvalue weighted by Crippen LogP contribution is -1.84. The Morgan fingerprint density at radius 1 is 0.467 bits per heavy atom. The first-order chi connectivity index (χ1) is 14.8. The summed E-state index contributed by atoms with van der Waals surface area (Å²) in [6.07, 6.45) is 5.96. The molecule has 0 amide bonds. The van der Waals surface area contributed by atoms with Gasteiger partial charge in [-0.05, 0) is 95.8 Å². The van der Waals surface area contributed by atoms with Gasteiger partial charge in [0.15, 0.2) is 0 Å². The van der Waals surface area contributed by atoms with E-state index in [1.165, 1.54) is 59.4 Å². The summed E-state index contributed by atoms with van der Waals surface area (Å²) < 4.78 is 0. The average Bonchev–Trinajstić information content (AvgIpc) is 2.78. The van der Waals surface area contributed by atoms with E-state index in [1.807, 2.05) is 12.2 Å². The van der Waals surface area contributed by atoms with Crippen molar-refractivity contribution in [2.75, 3.05) is 0 Å². The van der Waals surface area contributed by atoms with Gasteiger partial charge in [-0.1, -0.05) is 79.4 Å². The zero-order valence-corrected chi connectivity index (χ0v) is 16.6. The Bertz CT molecular complexity index is 1650. The molecule has 0 radical (unpaired) electrons. The summed E-state index contributed by atoms with van der Waals surface area (Å²) in [4.78, 5) is 0. The van der Waals surface area contributed by atoms with E-state index in [2.05, 4.69) is 104 Å². The molecule has 0 fully saturated rings. The van der Waals surface area contributed by atoms with Crippen LogP contribution in [0.15, 0.2) is 110 Å². The Balaban J connectivity index is 1.72. The predicted molar refractivity (Wildman–Crippen MR) is 133 cm³/mol. The highest BCUT2D eigenvalue weighted by molar-refractivity contribution is 6.16. The predicted octanol–water partition coefficient (Wildman–Crippen LogP) is 8.65. The van der Waals surface area contributed by atoms with E-state index in [4.69, 9.17) is 0 Å². The molecule has 140 valence electrons. The molecule has 0 saturated carbocycles. The smallest absolute Gasteiger partial charge is 0.00986 e. The van der Waals surface area contributed by atoms with Crippen LogP contribution in [0.5, 0.6) is 0 Å². The summed E-state index contributed by atoms with van der Waals surface area (Å²) in [5.41, 5.74) is 1.22. The Morgan fingerprint density at radius 3 is 1.77 bits per heavy atom. The summed E-state index contributed by atoms with van der Waals surface area (Å²) in [5.74, 6) is 0. The summed E-state index contributed by atoms with van der Waals surface area (Å²) in [6.45, 7) is 3.81. The maximum absolute atomic E-state index is 3.81. The van der Waals surface area contributed by atoms with Gasteiger partial charge < -0.3 is 0 Å². The van der Waals surface area contributed by atoms with Crippen LogP contribution in [0.2, 0.25) is 0 Å². The lowest BCUT2D eigenvalue weighted by atomic mass is 9.93. The molecule has 0 aliphatic heterocycles. The SMILES string of the molecule is C=CC=Cc1cccc2cc3ccc4cc5cc6ccccc6cc5cc4c3cc12. The molecule has 0 bridgehead atoms. The average molecular weight is 380 g/mol. The third-order valence-corrected chi connectivity index (χ3v) is 6.10. The topological polar surface area (TPSA) is 0 Å². The van der Waals surface area contributed by atoms with Gasteiger partial charge >= 0.3 is 0 Å². The minimum Gasteiger partial charge on any atom is -0.0991 e. The number of fused-ring (bicyclic) bond motifs is 6. The zero-order chi connectivity index (χ0) is 20.1. The Hall–Kier alpha value is -3.90. The molecular formula is C30H20. The van der Waals surface area contributed by atoms with Gasteiger partial charge in [0.2, 0.25) is 0 Å². The Kier molecular flexibility index (Phi) is 3.72. The van der Waals surface area contributed by atoms with Crippen LogP contribution in [0.1, 0.15) is 5.56 Å². The van der Waals surface area contributed by atoms with Crippen LogP contribution in [-0.2, 0) is 0 Å².